The van der Waals surface area contributed by atoms with E-state index in [1.165, 1.54) is 36.8 Å². The Morgan fingerprint density at radius 2 is 1.73 bits per heavy atom. The van der Waals surface area contributed by atoms with Gasteiger partial charge in [-0.3, -0.25) is 5.10 Å². The van der Waals surface area contributed by atoms with Gasteiger partial charge in [0.25, 0.3) is 0 Å². The molecule has 3 aromatic rings. The van der Waals surface area contributed by atoms with Crippen molar-refractivity contribution < 1.29 is 4.42 Å². The van der Waals surface area contributed by atoms with E-state index >= 15 is 0 Å². The molecule has 3 rings (SSSR count). The summed E-state index contributed by atoms with van der Waals surface area (Å²) in [5.74, 6) is 0. The molecule has 0 bridgehead atoms. The molecule has 0 aromatic carbocycles. The summed E-state index contributed by atoms with van der Waals surface area (Å²) < 4.78 is 4.36. The summed E-state index contributed by atoms with van der Waals surface area (Å²) in [6.45, 7) is 0. The van der Waals surface area contributed by atoms with Gasteiger partial charge in [0.15, 0.2) is 0 Å². The summed E-state index contributed by atoms with van der Waals surface area (Å²) in [4.78, 5) is 3.56. The van der Waals surface area contributed by atoms with Gasteiger partial charge in [-0.1, -0.05) is 0 Å². The largest absolute Gasteiger partial charge is 0.431 e. The van der Waals surface area contributed by atoms with E-state index in [0.29, 0.717) is 0 Å². The summed E-state index contributed by atoms with van der Waals surface area (Å²) in [5, 5.41) is 19.6. The number of nitrogens with zero attached hydrogens (tertiary/aromatic N) is 6. The van der Waals surface area contributed by atoms with Crippen molar-refractivity contribution in [3.05, 3.63) is 36.5 Å². The van der Waals surface area contributed by atoms with Gasteiger partial charge in [0.1, 0.15) is 23.7 Å². The Kier molecular flexibility index (Phi) is 6.14. The Labute approximate surface area is 88.4 Å². The minimum Gasteiger partial charge on any atom is -0.431 e. The van der Waals surface area contributed by atoms with Gasteiger partial charge < -0.3 is 4.42 Å². The molecule has 9 heteroatoms. The molecular weight excluding hydrogens is 218 g/mol. The van der Waals surface area contributed by atoms with Gasteiger partial charge in [-0.05, 0) is 0 Å². The van der Waals surface area contributed by atoms with Crippen molar-refractivity contribution in [2.75, 3.05) is 0 Å². The quantitative estimate of drug-likeness (QED) is 0.590. The fourth-order valence-corrected chi connectivity index (χ4v) is 0.711. The second-order valence-electron chi connectivity index (χ2n) is 1.81. The number of rotatable bonds is 0. The first-order chi connectivity index (χ1) is 7.50. The molecule has 0 aliphatic carbocycles. The fourth-order valence-electron chi connectivity index (χ4n) is 0.439. The SMILES string of the molecule is c1nc[nH]n1.c1nnco1.c1nncs1. The van der Waals surface area contributed by atoms with E-state index in [0.717, 1.165) is 0 Å². The summed E-state index contributed by atoms with van der Waals surface area (Å²) in [5.41, 5.74) is 3.36. The Balaban J connectivity index is 0.000000112. The predicted molar refractivity (Wildman–Crippen MR) is 50.6 cm³/mol. The third-order valence-corrected chi connectivity index (χ3v) is 1.33. The Hall–Kier alpha value is -2.16. The number of H-pyrrole nitrogens is 1. The zero-order chi connectivity index (χ0) is 10.6. The second kappa shape index (κ2) is 8.44. The molecule has 0 saturated heterocycles. The van der Waals surface area contributed by atoms with Gasteiger partial charge in [-0.15, -0.1) is 31.7 Å². The predicted octanol–water partition coefficient (Wildman–Crippen LogP) is 0.412. The molecule has 0 fully saturated rings. The zero-order valence-corrected chi connectivity index (χ0v) is 8.28. The maximum Gasteiger partial charge on any atom is 0.203 e. The summed E-state index contributed by atoms with van der Waals surface area (Å²) in [6.07, 6.45) is 5.49. The molecule has 0 aliphatic heterocycles. The molecule has 0 unspecified atom stereocenters. The lowest BCUT2D eigenvalue weighted by atomic mass is 11.3. The topological polar surface area (TPSA) is 106 Å². The maximum atomic E-state index is 4.36. The van der Waals surface area contributed by atoms with Crippen molar-refractivity contribution in [3.63, 3.8) is 0 Å². The van der Waals surface area contributed by atoms with Gasteiger partial charge in [0.05, 0.1) is 0 Å². The molecule has 78 valence electrons. The normalized spacial score (nSPS) is 8.00. The highest BCUT2D eigenvalue weighted by atomic mass is 32.1. The number of aromatic amines is 1. The van der Waals surface area contributed by atoms with Crippen LogP contribution in [0.5, 0.6) is 0 Å². The van der Waals surface area contributed by atoms with Crippen LogP contribution < -0.4 is 0 Å². The average molecular weight is 225 g/mol. The van der Waals surface area contributed by atoms with E-state index in [9.17, 15) is 0 Å². The highest BCUT2D eigenvalue weighted by Crippen LogP contribution is 1.80. The summed E-state index contributed by atoms with van der Waals surface area (Å²) in [7, 11) is 0. The van der Waals surface area contributed by atoms with Crippen molar-refractivity contribution in [3.8, 4) is 0 Å². The minimum absolute atomic E-state index is 1.26. The van der Waals surface area contributed by atoms with Crippen LogP contribution in [0.15, 0.2) is 40.9 Å². The minimum atomic E-state index is 1.26. The summed E-state index contributed by atoms with van der Waals surface area (Å²) >= 11 is 1.49. The van der Waals surface area contributed by atoms with Crippen LogP contribution >= 0.6 is 11.3 Å². The molecule has 8 nitrogen and oxygen atoms in total. The number of hydrogen-bond acceptors (Lipinski definition) is 8. The second-order valence-corrected chi connectivity index (χ2v) is 2.50. The fraction of sp³-hybridized carbons (Fsp3) is 0. The van der Waals surface area contributed by atoms with Crippen LogP contribution in [0.3, 0.4) is 0 Å². The highest BCUT2D eigenvalue weighted by molar-refractivity contribution is 7.07. The molecule has 1 N–H and O–H groups in total. The van der Waals surface area contributed by atoms with Crippen LogP contribution in [0.2, 0.25) is 0 Å². The van der Waals surface area contributed by atoms with Crippen LogP contribution in [0.1, 0.15) is 0 Å². The lowest BCUT2D eigenvalue weighted by Crippen LogP contribution is -1.53. The Morgan fingerprint density at radius 1 is 1.00 bits per heavy atom. The van der Waals surface area contributed by atoms with Gasteiger partial charge in [0.2, 0.25) is 12.8 Å². The Morgan fingerprint density at radius 3 is 1.93 bits per heavy atom. The van der Waals surface area contributed by atoms with Gasteiger partial charge >= 0.3 is 0 Å². The maximum absolute atomic E-state index is 4.36. The van der Waals surface area contributed by atoms with Crippen LogP contribution in [-0.4, -0.2) is 35.6 Å². The van der Waals surface area contributed by atoms with Crippen molar-refractivity contribution >= 4 is 11.3 Å². The van der Waals surface area contributed by atoms with Gasteiger partial charge in [-0.2, -0.15) is 5.10 Å². The smallest absolute Gasteiger partial charge is 0.203 e. The van der Waals surface area contributed by atoms with Crippen molar-refractivity contribution in [1.82, 2.24) is 35.6 Å². The van der Waals surface area contributed by atoms with Crippen LogP contribution in [0.4, 0.5) is 0 Å². The third-order valence-electron chi connectivity index (χ3n) is 0.897. The standard InChI is InChI=1S/C2H3N3.C2H2N2O.C2H2N2S/c1-3-2-5-4-1;2*1-3-4-2-5-1/h1-2H,(H,3,4,5);2*1-2H. The van der Waals surface area contributed by atoms with Crippen LogP contribution in [0.25, 0.3) is 0 Å². The monoisotopic (exact) mass is 225 g/mol. The van der Waals surface area contributed by atoms with E-state index in [-0.39, 0.29) is 0 Å². The lowest BCUT2D eigenvalue weighted by molar-refractivity contribution is 0.553. The molecule has 0 saturated carbocycles. The van der Waals surface area contributed by atoms with Crippen molar-refractivity contribution in [2.24, 2.45) is 0 Å². The lowest BCUT2D eigenvalue weighted by Gasteiger charge is -1.46. The average Bonchev–Trinajstić information content (AvgIpc) is 3.09. The zero-order valence-electron chi connectivity index (χ0n) is 7.46. The first-order valence-corrected chi connectivity index (χ1v) is 4.61. The van der Waals surface area contributed by atoms with Gasteiger partial charge in [0, 0.05) is 0 Å². The molecular formula is C6H7N7OS. The molecule has 0 spiro atoms. The van der Waals surface area contributed by atoms with Crippen molar-refractivity contribution in [1.29, 1.82) is 0 Å². The number of nitrogens with one attached hydrogen (secondary N) is 1. The van der Waals surface area contributed by atoms with Crippen LogP contribution in [0, 0.1) is 0 Å². The molecule has 3 heterocycles. The van der Waals surface area contributed by atoms with E-state index < -0.39 is 0 Å². The molecule has 0 amide bonds. The van der Waals surface area contributed by atoms with E-state index in [1.54, 1.807) is 11.0 Å². The summed E-state index contributed by atoms with van der Waals surface area (Å²) in [6, 6.07) is 0. The van der Waals surface area contributed by atoms with Crippen molar-refractivity contribution in [2.45, 2.75) is 0 Å². The first-order valence-electron chi connectivity index (χ1n) is 3.66. The highest BCUT2D eigenvalue weighted by Gasteiger charge is 1.61. The van der Waals surface area contributed by atoms with E-state index in [4.69, 9.17) is 0 Å². The van der Waals surface area contributed by atoms with Crippen LogP contribution in [-0.2, 0) is 0 Å². The third kappa shape index (κ3) is 6.95. The molecule has 15 heavy (non-hydrogen) atoms. The first kappa shape index (κ1) is 10.9. The van der Waals surface area contributed by atoms with E-state index in [1.807, 2.05) is 0 Å². The van der Waals surface area contributed by atoms with Gasteiger partial charge in [-0.25, -0.2) is 4.98 Å². The van der Waals surface area contributed by atoms with E-state index in [2.05, 4.69) is 40.0 Å². The number of hydrogen-bond donors (Lipinski definition) is 1. The molecule has 0 aliphatic rings. The molecule has 0 radical (unpaired) electrons. The molecule has 3 aromatic heterocycles. The Bertz CT molecular complexity index is 255. The number of aromatic nitrogens is 7. The molecule has 0 atom stereocenters.